The van der Waals surface area contributed by atoms with Crippen molar-refractivity contribution in [2.24, 2.45) is 11.8 Å². The summed E-state index contributed by atoms with van der Waals surface area (Å²) < 4.78 is 52.4. The quantitative estimate of drug-likeness (QED) is 0.445. The third kappa shape index (κ3) is 4.66. The van der Waals surface area contributed by atoms with Crippen LogP contribution in [0.4, 0.5) is 13.2 Å². The third-order valence-corrected chi connectivity index (χ3v) is 6.71. The molecule has 1 saturated heterocycles. The highest BCUT2D eigenvalue weighted by Gasteiger charge is 2.41. The summed E-state index contributed by atoms with van der Waals surface area (Å²) in [5, 5.41) is 1.18. The Balaban J connectivity index is 1.42. The van der Waals surface area contributed by atoms with Crippen LogP contribution in [-0.4, -0.2) is 45.0 Å². The molecule has 3 aromatic rings. The van der Waals surface area contributed by atoms with Crippen molar-refractivity contribution in [2.75, 3.05) is 13.2 Å². The van der Waals surface area contributed by atoms with E-state index in [0.29, 0.717) is 41.3 Å². The molecule has 2 aliphatic rings. The Hall–Kier alpha value is -2.39. The number of pyridine rings is 1. The van der Waals surface area contributed by atoms with Crippen LogP contribution in [0.2, 0.25) is 5.15 Å². The number of halogens is 4. The fourth-order valence-corrected chi connectivity index (χ4v) is 4.89. The zero-order chi connectivity index (χ0) is 23.2. The highest BCUT2D eigenvalue weighted by molar-refractivity contribution is 6.35. The zero-order valence-corrected chi connectivity index (χ0v) is 18.9. The Morgan fingerprint density at radius 2 is 1.94 bits per heavy atom. The smallest absolute Gasteiger partial charge is 0.391 e. The maximum atomic E-state index is 13.0. The average Bonchev–Trinajstić information content (AvgIpc) is 3.10. The number of ether oxygens (including phenoxy) is 2. The molecule has 0 radical (unpaired) electrons. The van der Waals surface area contributed by atoms with Gasteiger partial charge in [0.2, 0.25) is 5.88 Å². The van der Waals surface area contributed by atoms with Gasteiger partial charge in [0.15, 0.2) is 0 Å². The lowest BCUT2D eigenvalue weighted by Gasteiger charge is -2.29. The molecule has 0 bridgehead atoms. The predicted octanol–water partition coefficient (Wildman–Crippen LogP) is 5.60. The largest absolute Gasteiger partial charge is 0.474 e. The van der Waals surface area contributed by atoms with Crippen molar-refractivity contribution in [1.82, 2.24) is 19.5 Å². The molecule has 0 N–H and O–H groups in total. The first kappa shape index (κ1) is 22.4. The van der Waals surface area contributed by atoms with Crippen LogP contribution in [0.3, 0.4) is 0 Å². The summed E-state index contributed by atoms with van der Waals surface area (Å²) in [4.78, 5) is 13.2. The molecule has 6 nitrogen and oxygen atoms in total. The van der Waals surface area contributed by atoms with Crippen LogP contribution >= 0.6 is 11.6 Å². The first-order chi connectivity index (χ1) is 15.8. The molecule has 10 heteroatoms. The minimum absolute atomic E-state index is 0.0741. The number of nitrogens with zero attached hydrogens (tertiary/aromatic N) is 4. The number of rotatable bonds is 5. The number of fused-ring (bicyclic) bond motifs is 1. The molecule has 176 valence electrons. The SMILES string of the molecule is Cc1nc(OC2CCC(C(F)(F)F)CC2)cc(-c2cn(CC3COC3)c3ccnc(Cl)c23)n1. The maximum absolute atomic E-state index is 13.0. The summed E-state index contributed by atoms with van der Waals surface area (Å²) >= 11 is 6.48. The van der Waals surface area contributed by atoms with Gasteiger partial charge in [0.1, 0.15) is 17.1 Å². The van der Waals surface area contributed by atoms with E-state index in [-0.39, 0.29) is 18.9 Å². The van der Waals surface area contributed by atoms with Crippen molar-refractivity contribution in [3.8, 4) is 17.1 Å². The Labute approximate surface area is 194 Å². The van der Waals surface area contributed by atoms with E-state index in [2.05, 4.69) is 19.5 Å². The number of aromatic nitrogens is 4. The minimum Gasteiger partial charge on any atom is -0.474 e. The van der Waals surface area contributed by atoms with E-state index < -0.39 is 12.1 Å². The molecule has 5 rings (SSSR count). The number of aryl methyl sites for hydroxylation is 1. The van der Waals surface area contributed by atoms with Gasteiger partial charge in [-0.1, -0.05) is 11.6 Å². The zero-order valence-electron chi connectivity index (χ0n) is 18.1. The summed E-state index contributed by atoms with van der Waals surface area (Å²) in [6, 6.07) is 3.66. The first-order valence-electron chi connectivity index (χ1n) is 11.1. The molecule has 0 atom stereocenters. The van der Waals surface area contributed by atoms with Crippen LogP contribution in [-0.2, 0) is 11.3 Å². The van der Waals surface area contributed by atoms with E-state index in [1.54, 1.807) is 19.2 Å². The molecule has 0 aromatic carbocycles. The third-order valence-electron chi connectivity index (χ3n) is 6.42. The van der Waals surface area contributed by atoms with Crippen molar-refractivity contribution in [3.63, 3.8) is 0 Å². The summed E-state index contributed by atoms with van der Waals surface area (Å²) in [6.45, 7) is 4.03. The van der Waals surface area contributed by atoms with E-state index in [1.165, 1.54) is 0 Å². The molecule has 1 aliphatic heterocycles. The Morgan fingerprint density at radius 3 is 2.61 bits per heavy atom. The van der Waals surface area contributed by atoms with Crippen LogP contribution in [0.15, 0.2) is 24.5 Å². The highest BCUT2D eigenvalue weighted by atomic mass is 35.5. The molecule has 0 amide bonds. The lowest BCUT2D eigenvalue weighted by molar-refractivity contribution is -0.185. The van der Waals surface area contributed by atoms with Crippen molar-refractivity contribution in [3.05, 3.63) is 35.5 Å². The molecule has 0 spiro atoms. The van der Waals surface area contributed by atoms with Gasteiger partial charge in [0.05, 0.1) is 30.3 Å². The van der Waals surface area contributed by atoms with E-state index in [1.807, 2.05) is 12.3 Å². The van der Waals surface area contributed by atoms with Gasteiger partial charge in [-0.3, -0.25) is 0 Å². The molecular weight excluding hydrogens is 457 g/mol. The van der Waals surface area contributed by atoms with Crippen LogP contribution in [0, 0.1) is 18.8 Å². The van der Waals surface area contributed by atoms with Gasteiger partial charge in [-0.15, -0.1) is 0 Å². The van der Waals surface area contributed by atoms with E-state index in [0.717, 1.165) is 36.2 Å². The Kier molecular flexibility index (Phi) is 5.95. The Bertz CT molecular complexity index is 1150. The van der Waals surface area contributed by atoms with Gasteiger partial charge in [-0.05, 0) is 38.7 Å². The average molecular weight is 481 g/mol. The fraction of sp³-hybridized carbons (Fsp3) is 0.522. The summed E-state index contributed by atoms with van der Waals surface area (Å²) in [5.74, 6) is 0.0705. The second-order valence-corrected chi connectivity index (χ2v) is 9.22. The van der Waals surface area contributed by atoms with Gasteiger partial charge < -0.3 is 14.0 Å². The minimum atomic E-state index is -4.14. The molecular formula is C23H24ClF3N4O2. The van der Waals surface area contributed by atoms with E-state index >= 15 is 0 Å². The van der Waals surface area contributed by atoms with Crippen LogP contribution < -0.4 is 4.74 Å². The molecule has 3 aromatic heterocycles. The van der Waals surface area contributed by atoms with Crippen molar-refractivity contribution in [2.45, 2.75) is 51.4 Å². The topological polar surface area (TPSA) is 62.1 Å². The van der Waals surface area contributed by atoms with Gasteiger partial charge in [0, 0.05) is 41.9 Å². The molecule has 33 heavy (non-hydrogen) atoms. The van der Waals surface area contributed by atoms with Crippen LogP contribution in [0.25, 0.3) is 22.2 Å². The lowest BCUT2D eigenvalue weighted by Crippen LogP contribution is -2.32. The molecule has 2 fully saturated rings. The van der Waals surface area contributed by atoms with Crippen LogP contribution in [0.1, 0.15) is 31.5 Å². The number of hydrogen-bond acceptors (Lipinski definition) is 5. The van der Waals surface area contributed by atoms with E-state index in [4.69, 9.17) is 21.1 Å². The number of alkyl halides is 3. The van der Waals surface area contributed by atoms with Gasteiger partial charge in [-0.2, -0.15) is 18.2 Å². The normalized spacial score (nSPS) is 21.8. The van der Waals surface area contributed by atoms with Gasteiger partial charge in [-0.25, -0.2) is 9.97 Å². The number of hydrogen-bond donors (Lipinski definition) is 0. The summed E-state index contributed by atoms with van der Waals surface area (Å²) in [5.41, 5.74) is 2.42. The predicted molar refractivity (Wildman–Crippen MR) is 117 cm³/mol. The van der Waals surface area contributed by atoms with Crippen LogP contribution in [0.5, 0.6) is 5.88 Å². The lowest BCUT2D eigenvalue weighted by atomic mass is 9.87. The van der Waals surface area contributed by atoms with Crippen molar-refractivity contribution >= 4 is 22.5 Å². The molecule has 1 saturated carbocycles. The van der Waals surface area contributed by atoms with Gasteiger partial charge >= 0.3 is 6.18 Å². The standard InChI is InChI=1S/C23H24ClF3N4O2/c1-13-29-18(8-20(30-13)33-16-4-2-15(3-5-16)23(25,26)27)17-10-31(9-14-11-32-12-14)19-6-7-28-22(24)21(17)19/h6-8,10,14-16H,2-5,9,11-12H2,1H3. The van der Waals surface area contributed by atoms with Gasteiger partial charge in [0.25, 0.3) is 0 Å². The highest BCUT2D eigenvalue weighted by Crippen LogP contribution is 2.39. The Morgan fingerprint density at radius 1 is 1.18 bits per heavy atom. The second kappa shape index (κ2) is 8.76. The fourth-order valence-electron chi connectivity index (χ4n) is 4.64. The van der Waals surface area contributed by atoms with Crippen molar-refractivity contribution < 1.29 is 22.6 Å². The maximum Gasteiger partial charge on any atom is 0.391 e. The van der Waals surface area contributed by atoms with E-state index in [9.17, 15) is 13.2 Å². The monoisotopic (exact) mass is 480 g/mol. The first-order valence-corrected chi connectivity index (χ1v) is 11.5. The molecule has 4 heterocycles. The van der Waals surface area contributed by atoms with Crippen molar-refractivity contribution in [1.29, 1.82) is 0 Å². The summed E-state index contributed by atoms with van der Waals surface area (Å²) in [7, 11) is 0. The molecule has 0 unspecified atom stereocenters. The molecule has 1 aliphatic carbocycles. The summed E-state index contributed by atoms with van der Waals surface area (Å²) in [6.07, 6.45) is 0.0978. The second-order valence-electron chi connectivity index (χ2n) is 8.87.